The Labute approximate surface area is 210 Å². The number of para-hydroxylation sites is 2. The van der Waals surface area contributed by atoms with E-state index in [2.05, 4.69) is 6.07 Å². The monoisotopic (exact) mass is 479 g/mol. The molecule has 0 saturated carbocycles. The van der Waals surface area contributed by atoms with Gasteiger partial charge in [0.15, 0.2) is 5.82 Å². The van der Waals surface area contributed by atoms with Crippen LogP contribution >= 0.6 is 0 Å². The van der Waals surface area contributed by atoms with E-state index in [0.717, 1.165) is 30.2 Å². The zero-order chi connectivity index (χ0) is 24.6. The van der Waals surface area contributed by atoms with Crippen molar-refractivity contribution < 1.29 is 9.59 Å². The van der Waals surface area contributed by atoms with Crippen LogP contribution in [0.2, 0.25) is 0 Å². The quantitative estimate of drug-likeness (QED) is 0.436. The summed E-state index contributed by atoms with van der Waals surface area (Å²) in [5.41, 5.74) is 4.48. The standard InChI is InChI=1S/C29H29N5O2/c1-21-26(27(31-16-7-8-17-31)34(30-21)24-10-3-2-4-11-24)29(36)32-18-13-23(14-19-32)28(35)33-20-15-22-9-5-6-12-25(22)33/h2-12,16-17,23H,13-15,18-20H2,1H3. The first kappa shape index (κ1) is 22.3. The van der Waals surface area contributed by atoms with Gasteiger partial charge >= 0.3 is 0 Å². The van der Waals surface area contributed by atoms with Crippen molar-refractivity contribution in [3.05, 3.63) is 95.9 Å². The fourth-order valence-corrected chi connectivity index (χ4v) is 5.50. The molecular weight excluding hydrogens is 450 g/mol. The number of likely N-dealkylation sites (tertiary alicyclic amines) is 1. The highest BCUT2D eigenvalue weighted by molar-refractivity contribution is 6.00. The highest BCUT2D eigenvalue weighted by Crippen LogP contribution is 2.32. The fraction of sp³-hybridized carbons (Fsp3) is 0.276. The topological polar surface area (TPSA) is 63.4 Å². The van der Waals surface area contributed by atoms with Crippen molar-refractivity contribution in [1.29, 1.82) is 0 Å². The molecule has 7 heteroatoms. The van der Waals surface area contributed by atoms with Gasteiger partial charge in [0, 0.05) is 43.6 Å². The third-order valence-electron chi connectivity index (χ3n) is 7.38. The Morgan fingerprint density at radius 3 is 2.31 bits per heavy atom. The zero-order valence-corrected chi connectivity index (χ0v) is 20.4. The molecule has 7 nitrogen and oxygen atoms in total. The van der Waals surface area contributed by atoms with Gasteiger partial charge in [0.1, 0.15) is 5.56 Å². The number of anilines is 1. The second-order valence-corrected chi connectivity index (χ2v) is 9.56. The van der Waals surface area contributed by atoms with Gasteiger partial charge in [0.2, 0.25) is 5.91 Å². The van der Waals surface area contributed by atoms with E-state index in [1.54, 1.807) is 0 Å². The molecule has 2 amide bonds. The molecule has 2 aromatic carbocycles. The molecule has 1 saturated heterocycles. The molecule has 1 fully saturated rings. The SMILES string of the molecule is Cc1nn(-c2ccccc2)c(-n2cccc2)c1C(=O)N1CCC(C(=O)N2CCc3ccccc32)CC1. The van der Waals surface area contributed by atoms with Crippen molar-refractivity contribution in [2.75, 3.05) is 24.5 Å². The lowest BCUT2D eigenvalue weighted by atomic mass is 9.94. The molecule has 0 aliphatic carbocycles. The summed E-state index contributed by atoms with van der Waals surface area (Å²) in [4.78, 5) is 31.0. The van der Waals surface area contributed by atoms with E-state index in [-0.39, 0.29) is 17.7 Å². The van der Waals surface area contributed by atoms with Gasteiger partial charge in [-0.3, -0.25) is 9.59 Å². The van der Waals surface area contributed by atoms with Crippen molar-refractivity contribution in [3.8, 4) is 11.5 Å². The first-order valence-electron chi connectivity index (χ1n) is 12.6. The summed E-state index contributed by atoms with van der Waals surface area (Å²) in [6.45, 7) is 3.76. The van der Waals surface area contributed by atoms with Crippen LogP contribution in [0.3, 0.4) is 0 Å². The van der Waals surface area contributed by atoms with Gasteiger partial charge in [-0.1, -0.05) is 36.4 Å². The molecule has 4 heterocycles. The summed E-state index contributed by atoms with van der Waals surface area (Å²) in [6.07, 6.45) is 6.13. The van der Waals surface area contributed by atoms with Crippen molar-refractivity contribution in [2.45, 2.75) is 26.2 Å². The average molecular weight is 480 g/mol. The first-order chi connectivity index (χ1) is 17.6. The van der Waals surface area contributed by atoms with Crippen LogP contribution in [0.1, 0.15) is 34.5 Å². The molecule has 36 heavy (non-hydrogen) atoms. The summed E-state index contributed by atoms with van der Waals surface area (Å²) >= 11 is 0. The first-order valence-corrected chi connectivity index (χ1v) is 12.6. The molecule has 0 bridgehead atoms. The number of carbonyl (C=O) groups excluding carboxylic acids is 2. The molecule has 2 aliphatic rings. The van der Waals surface area contributed by atoms with E-state index in [0.29, 0.717) is 37.2 Å². The minimum Gasteiger partial charge on any atom is -0.338 e. The fourth-order valence-electron chi connectivity index (χ4n) is 5.50. The van der Waals surface area contributed by atoms with Crippen molar-refractivity contribution in [3.63, 3.8) is 0 Å². The smallest absolute Gasteiger partial charge is 0.259 e. The van der Waals surface area contributed by atoms with Crippen LogP contribution in [0.4, 0.5) is 5.69 Å². The number of carbonyl (C=O) groups is 2. The minimum atomic E-state index is -0.0581. The van der Waals surface area contributed by atoms with Gasteiger partial charge in [0.05, 0.1) is 11.4 Å². The second kappa shape index (κ2) is 9.15. The molecule has 0 radical (unpaired) electrons. The number of aromatic nitrogens is 3. The van der Waals surface area contributed by atoms with Crippen LogP contribution in [-0.4, -0.2) is 50.7 Å². The highest BCUT2D eigenvalue weighted by Gasteiger charge is 2.35. The van der Waals surface area contributed by atoms with Crippen LogP contribution < -0.4 is 4.90 Å². The molecule has 0 N–H and O–H groups in total. The van der Waals surface area contributed by atoms with E-state index < -0.39 is 0 Å². The van der Waals surface area contributed by atoms with E-state index in [1.807, 2.05) is 99.0 Å². The largest absolute Gasteiger partial charge is 0.338 e. The van der Waals surface area contributed by atoms with Crippen LogP contribution in [0.5, 0.6) is 0 Å². The summed E-state index contributed by atoms with van der Waals surface area (Å²) in [5.74, 6) is 0.835. The van der Waals surface area contributed by atoms with Gasteiger partial charge in [-0.25, -0.2) is 4.68 Å². The zero-order valence-electron chi connectivity index (χ0n) is 20.4. The number of amides is 2. The number of nitrogens with zero attached hydrogens (tertiary/aromatic N) is 5. The maximum absolute atomic E-state index is 13.8. The summed E-state index contributed by atoms with van der Waals surface area (Å²) < 4.78 is 3.78. The third-order valence-corrected chi connectivity index (χ3v) is 7.38. The Morgan fingerprint density at radius 2 is 1.56 bits per heavy atom. The van der Waals surface area contributed by atoms with E-state index in [4.69, 9.17) is 5.10 Å². The molecular formula is C29H29N5O2. The lowest BCUT2D eigenvalue weighted by Crippen LogP contribution is -2.44. The molecule has 6 rings (SSSR count). The maximum Gasteiger partial charge on any atom is 0.259 e. The second-order valence-electron chi connectivity index (χ2n) is 9.56. The van der Waals surface area contributed by atoms with Crippen molar-refractivity contribution >= 4 is 17.5 Å². The Balaban J connectivity index is 1.23. The molecule has 0 atom stereocenters. The Kier molecular flexibility index (Phi) is 5.68. The van der Waals surface area contributed by atoms with Crippen LogP contribution in [0.15, 0.2) is 79.1 Å². The summed E-state index contributed by atoms with van der Waals surface area (Å²) in [6, 6.07) is 21.9. The Morgan fingerprint density at radius 1 is 0.861 bits per heavy atom. The van der Waals surface area contributed by atoms with E-state index in [1.165, 1.54) is 5.56 Å². The number of hydrogen-bond acceptors (Lipinski definition) is 3. The maximum atomic E-state index is 13.8. The molecule has 2 aromatic heterocycles. The van der Waals surface area contributed by atoms with E-state index >= 15 is 0 Å². The number of fused-ring (bicyclic) bond motifs is 1. The van der Waals surface area contributed by atoms with Gasteiger partial charge in [-0.15, -0.1) is 0 Å². The average Bonchev–Trinajstić information content (AvgIpc) is 3.67. The number of aryl methyl sites for hydroxylation is 1. The predicted molar refractivity (Wildman–Crippen MR) is 139 cm³/mol. The summed E-state index contributed by atoms with van der Waals surface area (Å²) in [7, 11) is 0. The van der Waals surface area contributed by atoms with Gasteiger partial charge in [0.25, 0.3) is 5.91 Å². The van der Waals surface area contributed by atoms with Gasteiger partial charge < -0.3 is 14.4 Å². The number of piperidine rings is 1. The lowest BCUT2D eigenvalue weighted by Gasteiger charge is -2.33. The molecule has 182 valence electrons. The highest BCUT2D eigenvalue weighted by atomic mass is 16.2. The van der Waals surface area contributed by atoms with Crippen molar-refractivity contribution in [1.82, 2.24) is 19.2 Å². The molecule has 0 spiro atoms. The van der Waals surface area contributed by atoms with Gasteiger partial charge in [-0.2, -0.15) is 5.10 Å². The number of rotatable bonds is 4. The normalized spacial score (nSPS) is 15.8. The molecule has 0 unspecified atom stereocenters. The molecule has 2 aliphatic heterocycles. The third kappa shape index (κ3) is 3.81. The number of hydrogen-bond donors (Lipinski definition) is 0. The Bertz CT molecular complexity index is 1400. The van der Waals surface area contributed by atoms with Crippen LogP contribution in [-0.2, 0) is 11.2 Å². The number of benzene rings is 2. The van der Waals surface area contributed by atoms with Crippen LogP contribution in [0.25, 0.3) is 11.5 Å². The lowest BCUT2D eigenvalue weighted by molar-refractivity contribution is -0.123. The van der Waals surface area contributed by atoms with E-state index in [9.17, 15) is 9.59 Å². The van der Waals surface area contributed by atoms with Crippen molar-refractivity contribution in [2.24, 2.45) is 5.92 Å². The minimum absolute atomic E-state index is 0.0317. The Hall–Kier alpha value is -4.13. The summed E-state index contributed by atoms with van der Waals surface area (Å²) in [5, 5.41) is 4.76. The molecule has 4 aromatic rings. The predicted octanol–water partition coefficient (Wildman–Crippen LogP) is 4.41. The van der Waals surface area contributed by atoms with Crippen LogP contribution in [0, 0.1) is 12.8 Å². The van der Waals surface area contributed by atoms with Gasteiger partial charge in [-0.05, 0) is 62.1 Å².